The second-order valence-electron chi connectivity index (χ2n) is 7.08. The third-order valence-corrected chi connectivity index (χ3v) is 4.59. The van der Waals surface area contributed by atoms with Crippen LogP contribution in [0.2, 0.25) is 0 Å². The van der Waals surface area contributed by atoms with Gasteiger partial charge < -0.3 is 16.0 Å². The molecule has 1 aliphatic rings. The molecule has 0 aromatic heterocycles. The summed E-state index contributed by atoms with van der Waals surface area (Å²) in [6.45, 7) is -0.358. The topological polar surface area (TPSA) is 130 Å². The molecular weight excluding hydrogens is 388 g/mol. The minimum absolute atomic E-state index is 0.0734. The third kappa shape index (κ3) is 6.13. The molecular formula is C21H22N4O5. The molecule has 1 saturated carbocycles. The van der Waals surface area contributed by atoms with Crippen molar-refractivity contribution < 1.29 is 19.3 Å². The van der Waals surface area contributed by atoms with E-state index >= 15 is 0 Å². The maximum Gasteiger partial charge on any atom is 0.270 e. The van der Waals surface area contributed by atoms with Crippen molar-refractivity contribution in [1.29, 1.82) is 0 Å². The van der Waals surface area contributed by atoms with Gasteiger partial charge >= 0.3 is 0 Å². The Morgan fingerprint density at radius 2 is 1.80 bits per heavy atom. The standard InChI is InChI=1S/C21H22N4O5/c26-19(13-22-20(27)15-7-4-8-17(12-15)25(29)30)24-18(21(28)23-16-9-10-16)11-14-5-2-1-3-6-14/h1-8,12,16,18H,9-11,13H2,(H,22,27)(H,23,28)(H,24,26). The molecule has 156 valence electrons. The highest BCUT2D eigenvalue weighted by molar-refractivity contribution is 5.97. The summed E-state index contributed by atoms with van der Waals surface area (Å²) in [7, 11) is 0. The van der Waals surface area contributed by atoms with Crippen LogP contribution in [0.15, 0.2) is 54.6 Å². The first-order valence-electron chi connectivity index (χ1n) is 9.58. The van der Waals surface area contributed by atoms with Gasteiger partial charge in [0, 0.05) is 30.2 Å². The highest BCUT2D eigenvalue weighted by Gasteiger charge is 2.28. The van der Waals surface area contributed by atoms with E-state index in [0.717, 1.165) is 24.5 Å². The first kappa shape index (κ1) is 21.0. The Balaban J connectivity index is 1.58. The third-order valence-electron chi connectivity index (χ3n) is 4.59. The largest absolute Gasteiger partial charge is 0.352 e. The molecule has 30 heavy (non-hydrogen) atoms. The maximum atomic E-state index is 12.5. The first-order chi connectivity index (χ1) is 14.4. The molecule has 3 N–H and O–H groups in total. The van der Waals surface area contributed by atoms with Crippen LogP contribution < -0.4 is 16.0 Å². The molecule has 1 atom stereocenters. The Hall–Kier alpha value is -3.75. The number of hydrogen-bond donors (Lipinski definition) is 3. The van der Waals surface area contributed by atoms with Gasteiger partial charge in [0.25, 0.3) is 11.6 Å². The van der Waals surface area contributed by atoms with Gasteiger partial charge in [-0.1, -0.05) is 36.4 Å². The molecule has 0 spiro atoms. The smallest absolute Gasteiger partial charge is 0.270 e. The average molecular weight is 410 g/mol. The van der Waals surface area contributed by atoms with Gasteiger partial charge in [-0.2, -0.15) is 0 Å². The fourth-order valence-corrected chi connectivity index (χ4v) is 2.86. The molecule has 0 saturated heterocycles. The van der Waals surface area contributed by atoms with Crippen molar-refractivity contribution in [2.24, 2.45) is 0 Å². The van der Waals surface area contributed by atoms with Crippen molar-refractivity contribution in [2.45, 2.75) is 31.3 Å². The summed E-state index contributed by atoms with van der Waals surface area (Å²) in [4.78, 5) is 47.3. The van der Waals surface area contributed by atoms with E-state index in [2.05, 4.69) is 16.0 Å². The lowest BCUT2D eigenvalue weighted by atomic mass is 10.1. The molecule has 2 aromatic rings. The predicted molar refractivity (Wildman–Crippen MR) is 109 cm³/mol. The van der Waals surface area contributed by atoms with E-state index in [-0.39, 0.29) is 29.7 Å². The van der Waals surface area contributed by atoms with Crippen molar-refractivity contribution in [3.05, 3.63) is 75.8 Å². The fourth-order valence-electron chi connectivity index (χ4n) is 2.86. The van der Waals surface area contributed by atoms with Crippen LogP contribution in [0.25, 0.3) is 0 Å². The molecule has 2 aromatic carbocycles. The summed E-state index contributed by atoms with van der Waals surface area (Å²) >= 11 is 0. The number of rotatable bonds is 9. The van der Waals surface area contributed by atoms with Crippen LogP contribution >= 0.6 is 0 Å². The number of amides is 3. The van der Waals surface area contributed by atoms with Gasteiger partial charge in [-0.15, -0.1) is 0 Å². The number of nitrogens with zero attached hydrogens (tertiary/aromatic N) is 1. The minimum atomic E-state index is -0.768. The minimum Gasteiger partial charge on any atom is -0.352 e. The number of non-ortho nitro benzene ring substituents is 1. The summed E-state index contributed by atoms with van der Waals surface area (Å²) in [5.41, 5.74) is 0.755. The lowest BCUT2D eigenvalue weighted by Crippen LogP contribution is -2.51. The highest BCUT2D eigenvalue weighted by Crippen LogP contribution is 2.19. The molecule has 9 nitrogen and oxygen atoms in total. The van der Waals surface area contributed by atoms with Crippen LogP contribution in [0, 0.1) is 10.1 Å². The van der Waals surface area contributed by atoms with E-state index in [4.69, 9.17) is 0 Å². The van der Waals surface area contributed by atoms with Gasteiger partial charge in [0.15, 0.2) is 0 Å². The van der Waals surface area contributed by atoms with Gasteiger partial charge in [-0.05, 0) is 24.5 Å². The molecule has 3 rings (SSSR count). The molecule has 0 bridgehead atoms. The Morgan fingerprint density at radius 1 is 1.07 bits per heavy atom. The number of hydrogen-bond acceptors (Lipinski definition) is 5. The van der Waals surface area contributed by atoms with Gasteiger partial charge in [-0.25, -0.2) is 0 Å². The lowest BCUT2D eigenvalue weighted by Gasteiger charge is -2.19. The predicted octanol–water partition coefficient (Wildman–Crippen LogP) is 1.33. The van der Waals surface area contributed by atoms with E-state index in [1.165, 1.54) is 18.2 Å². The van der Waals surface area contributed by atoms with Crippen LogP contribution in [0.3, 0.4) is 0 Å². The molecule has 0 radical (unpaired) electrons. The molecule has 1 unspecified atom stereocenters. The Kier molecular flexibility index (Phi) is 6.74. The maximum absolute atomic E-state index is 12.5. The molecule has 1 fully saturated rings. The van der Waals surface area contributed by atoms with Crippen molar-refractivity contribution in [3.63, 3.8) is 0 Å². The molecule has 3 amide bonds. The van der Waals surface area contributed by atoms with E-state index < -0.39 is 22.8 Å². The van der Waals surface area contributed by atoms with Crippen LogP contribution in [0.1, 0.15) is 28.8 Å². The van der Waals surface area contributed by atoms with Crippen LogP contribution in [-0.4, -0.2) is 41.3 Å². The first-order valence-corrected chi connectivity index (χ1v) is 9.58. The lowest BCUT2D eigenvalue weighted by molar-refractivity contribution is -0.384. The summed E-state index contributed by atoms with van der Waals surface area (Å²) in [5.74, 6) is -1.41. The quantitative estimate of drug-likeness (QED) is 0.424. The summed E-state index contributed by atoms with van der Waals surface area (Å²) < 4.78 is 0. The highest BCUT2D eigenvalue weighted by atomic mass is 16.6. The van der Waals surface area contributed by atoms with Crippen LogP contribution in [-0.2, 0) is 16.0 Å². The Labute approximate surface area is 173 Å². The van der Waals surface area contributed by atoms with Crippen LogP contribution in [0.5, 0.6) is 0 Å². The second-order valence-corrected chi connectivity index (χ2v) is 7.08. The number of benzene rings is 2. The van der Waals surface area contributed by atoms with E-state index in [1.54, 1.807) is 0 Å². The van der Waals surface area contributed by atoms with Crippen molar-refractivity contribution in [1.82, 2.24) is 16.0 Å². The summed E-state index contributed by atoms with van der Waals surface area (Å²) in [6, 6.07) is 13.9. The number of nitrogens with one attached hydrogen (secondary N) is 3. The average Bonchev–Trinajstić information content (AvgIpc) is 3.56. The Bertz CT molecular complexity index is 943. The number of nitro benzene ring substituents is 1. The molecule has 0 aliphatic heterocycles. The van der Waals surface area contributed by atoms with E-state index in [1.807, 2.05) is 30.3 Å². The zero-order valence-corrected chi connectivity index (χ0v) is 16.2. The van der Waals surface area contributed by atoms with E-state index in [0.29, 0.717) is 6.42 Å². The van der Waals surface area contributed by atoms with Gasteiger partial charge in [0.05, 0.1) is 11.5 Å². The van der Waals surface area contributed by atoms with Crippen molar-refractivity contribution in [3.8, 4) is 0 Å². The number of nitro groups is 1. The van der Waals surface area contributed by atoms with Gasteiger partial charge in [0.1, 0.15) is 6.04 Å². The number of carbonyl (C=O) groups is 3. The molecule has 9 heteroatoms. The summed E-state index contributed by atoms with van der Waals surface area (Å²) in [6.07, 6.45) is 2.18. The Morgan fingerprint density at radius 3 is 2.47 bits per heavy atom. The second kappa shape index (κ2) is 9.64. The molecule has 1 aliphatic carbocycles. The fraction of sp³-hybridized carbons (Fsp3) is 0.286. The van der Waals surface area contributed by atoms with Crippen molar-refractivity contribution in [2.75, 3.05) is 6.54 Å². The summed E-state index contributed by atoms with van der Waals surface area (Å²) in [5, 5.41) is 18.8. The number of carbonyl (C=O) groups excluding carboxylic acids is 3. The van der Waals surface area contributed by atoms with Gasteiger partial charge in [-0.3, -0.25) is 24.5 Å². The van der Waals surface area contributed by atoms with Crippen molar-refractivity contribution >= 4 is 23.4 Å². The SMILES string of the molecule is O=C(CNC(=O)c1cccc([N+](=O)[O-])c1)NC(Cc1ccccc1)C(=O)NC1CC1. The van der Waals surface area contributed by atoms with E-state index in [9.17, 15) is 24.5 Å². The molecule has 0 heterocycles. The van der Waals surface area contributed by atoms with Gasteiger partial charge in [0.2, 0.25) is 11.8 Å². The monoisotopic (exact) mass is 410 g/mol. The van der Waals surface area contributed by atoms with Crippen LogP contribution in [0.4, 0.5) is 5.69 Å². The normalized spacial score (nSPS) is 13.7. The zero-order valence-electron chi connectivity index (χ0n) is 16.2. The zero-order chi connectivity index (χ0) is 21.5.